The van der Waals surface area contributed by atoms with E-state index >= 15 is 0 Å². The Morgan fingerprint density at radius 3 is 2.81 bits per heavy atom. The van der Waals surface area contributed by atoms with Crippen LogP contribution in [0.2, 0.25) is 0 Å². The van der Waals surface area contributed by atoms with Crippen molar-refractivity contribution in [2.45, 2.75) is 45.8 Å². The van der Waals surface area contributed by atoms with Gasteiger partial charge >= 0.3 is 0 Å². The third-order valence-corrected chi connectivity index (χ3v) is 4.80. The first kappa shape index (κ1) is 15.8. The molecular weight excluding hydrogens is 264 g/mol. The Hall–Kier alpha value is -1.55. The molecule has 1 saturated carbocycles. The molecule has 0 saturated heterocycles. The van der Waals surface area contributed by atoms with Crippen molar-refractivity contribution in [3.8, 4) is 0 Å². The van der Waals surface area contributed by atoms with Crippen molar-refractivity contribution < 1.29 is 9.53 Å². The van der Waals surface area contributed by atoms with Crippen LogP contribution in [0.5, 0.6) is 0 Å². The van der Waals surface area contributed by atoms with Crippen LogP contribution in [0.4, 0.5) is 5.69 Å². The molecular formula is C17H26N2O2. The Morgan fingerprint density at radius 2 is 2.19 bits per heavy atom. The van der Waals surface area contributed by atoms with Crippen LogP contribution in [0.25, 0.3) is 0 Å². The molecule has 116 valence electrons. The summed E-state index contributed by atoms with van der Waals surface area (Å²) in [4.78, 5) is 11.7. The number of benzene rings is 1. The molecule has 2 rings (SSSR count). The molecule has 3 atom stereocenters. The number of hydrogen-bond donors (Lipinski definition) is 2. The van der Waals surface area contributed by atoms with E-state index in [4.69, 9.17) is 4.74 Å². The van der Waals surface area contributed by atoms with E-state index in [9.17, 15) is 4.79 Å². The fourth-order valence-electron chi connectivity index (χ4n) is 3.07. The summed E-state index contributed by atoms with van der Waals surface area (Å²) in [5.74, 6) is -0.0577. The summed E-state index contributed by atoms with van der Waals surface area (Å²) in [6.07, 6.45) is 2.42. The van der Waals surface area contributed by atoms with Crippen molar-refractivity contribution in [3.63, 3.8) is 0 Å². The Bertz CT molecular complexity index is 503. The van der Waals surface area contributed by atoms with Crippen LogP contribution in [0.15, 0.2) is 24.3 Å². The molecule has 0 aliphatic heterocycles. The van der Waals surface area contributed by atoms with E-state index < -0.39 is 0 Å². The molecule has 1 aromatic rings. The summed E-state index contributed by atoms with van der Waals surface area (Å²) >= 11 is 0. The maximum Gasteiger partial charge on any atom is 0.251 e. The Labute approximate surface area is 127 Å². The van der Waals surface area contributed by atoms with Gasteiger partial charge in [-0.3, -0.25) is 4.79 Å². The minimum atomic E-state index is -0.0577. The lowest BCUT2D eigenvalue weighted by Gasteiger charge is -2.54. The predicted molar refractivity (Wildman–Crippen MR) is 85.7 cm³/mol. The van der Waals surface area contributed by atoms with Gasteiger partial charge in [-0.05, 0) is 38.0 Å². The average Bonchev–Trinajstić information content (AvgIpc) is 2.52. The van der Waals surface area contributed by atoms with Gasteiger partial charge in [-0.15, -0.1) is 0 Å². The molecule has 4 heteroatoms. The molecule has 0 bridgehead atoms. The minimum absolute atomic E-state index is 0.0577. The van der Waals surface area contributed by atoms with Crippen molar-refractivity contribution in [2.24, 2.45) is 5.41 Å². The van der Waals surface area contributed by atoms with Gasteiger partial charge in [0, 0.05) is 36.4 Å². The van der Waals surface area contributed by atoms with Crippen molar-refractivity contribution >= 4 is 11.6 Å². The molecule has 1 amide bonds. The highest BCUT2D eigenvalue weighted by Gasteiger charge is 2.51. The summed E-state index contributed by atoms with van der Waals surface area (Å²) < 4.78 is 5.83. The largest absolute Gasteiger partial charge is 0.382 e. The second-order valence-corrected chi connectivity index (χ2v) is 5.90. The van der Waals surface area contributed by atoms with E-state index in [2.05, 4.69) is 24.5 Å². The van der Waals surface area contributed by atoms with Gasteiger partial charge in [-0.25, -0.2) is 0 Å². The predicted octanol–water partition coefficient (Wildman–Crippen LogP) is 3.05. The fraction of sp³-hybridized carbons (Fsp3) is 0.588. The molecule has 1 aromatic carbocycles. The van der Waals surface area contributed by atoms with Crippen LogP contribution in [0, 0.1) is 5.41 Å². The molecule has 1 aliphatic rings. The molecule has 4 nitrogen and oxygen atoms in total. The number of ether oxygens (including phenoxy) is 1. The smallest absolute Gasteiger partial charge is 0.251 e. The number of carbonyl (C=O) groups is 1. The van der Waals surface area contributed by atoms with Crippen molar-refractivity contribution in [1.29, 1.82) is 0 Å². The zero-order valence-corrected chi connectivity index (χ0v) is 13.4. The van der Waals surface area contributed by atoms with Crippen LogP contribution in [-0.2, 0) is 4.74 Å². The third kappa shape index (κ3) is 3.05. The Morgan fingerprint density at radius 1 is 1.43 bits per heavy atom. The van der Waals surface area contributed by atoms with E-state index in [1.807, 2.05) is 31.2 Å². The molecule has 0 spiro atoms. The molecule has 0 heterocycles. The lowest BCUT2D eigenvalue weighted by molar-refractivity contribution is -0.109. The fourth-order valence-corrected chi connectivity index (χ4v) is 3.07. The number of hydrogen-bond acceptors (Lipinski definition) is 3. The molecule has 0 radical (unpaired) electrons. The number of carbonyl (C=O) groups excluding carboxylic acids is 1. The van der Waals surface area contributed by atoms with Crippen molar-refractivity contribution in [1.82, 2.24) is 5.32 Å². The summed E-state index contributed by atoms with van der Waals surface area (Å²) in [5, 5.41) is 6.22. The number of rotatable bonds is 6. The highest BCUT2D eigenvalue weighted by atomic mass is 16.5. The maximum absolute atomic E-state index is 11.7. The van der Waals surface area contributed by atoms with Crippen LogP contribution in [0.1, 0.15) is 44.0 Å². The van der Waals surface area contributed by atoms with Gasteiger partial charge in [-0.2, -0.15) is 0 Å². The number of anilines is 1. The SMILES string of the molecule is CCOC1CC(Nc2cccc(C(=O)NC)c2)C1(C)CC. The highest BCUT2D eigenvalue weighted by molar-refractivity contribution is 5.94. The van der Waals surface area contributed by atoms with Crippen LogP contribution < -0.4 is 10.6 Å². The molecule has 3 unspecified atom stereocenters. The average molecular weight is 290 g/mol. The van der Waals surface area contributed by atoms with Gasteiger partial charge in [0.25, 0.3) is 5.91 Å². The number of amides is 1. The summed E-state index contributed by atoms with van der Waals surface area (Å²) in [7, 11) is 1.65. The zero-order valence-electron chi connectivity index (χ0n) is 13.4. The van der Waals surface area contributed by atoms with Crippen LogP contribution in [0.3, 0.4) is 0 Å². The van der Waals surface area contributed by atoms with Gasteiger partial charge < -0.3 is 15.4 Å². The maximum atomic E-state index is 11.7. The normalized spacial score (nSPS) is 27.8. The van der Waals surface area contributed by atoms with Gasteiger partial charge in [0.1, 0.15) is 0 Å². The second kappa shape index (κ2) is 6.48. The first-order valence-electron chi connectivity index (χ1n) is 7.75. The molecule has 1 fully saturated rings. The molecule has 2 N–H and O–H groups in total. The quantitative estimate of drug-likeness (QED) is 0.846. The van der Waals surface area contributed by atoms with Crippen LogP contribution in [-0.4, -0.2) is 31.7 Å². The van der Waals surface area contributed by atoms with Crippen LogP contribution >= 0.6 is 0 Å². The summed E-state index contributed by atoms with van der Waals surface area (Å²) in [6.45, 7) is 7.29. The zero-order chi connectivity index (χ0) is 15.5. The van der Waals surface area contributed by atoms with Gasteiger partial charge in [0.2, 0.25) is 0 Å². The Balaban J connectivity index is 2.07. The summed E-state index contributed by atoms with van der Waals surface area (Å²) in [6, 6.07) is 8.04. The first-order valence-corrected chi connectivity index (χ1v) is 7.75. The van der Waals surface area contributed by atoms with Crippen molar-refractivity contribution in [2.75, 3.05) is 19.0 Å². The molecule has 1 aliphatic carbocycles. The second-order valence-electron chi connectivity index (χ2n) is 5.90. The molecule has 0 aromatic heterocycles. The first-order chi connectivity index (χ1) is 10.0. The van der Waals surface area contributed by atoms with Gasteiger partial charge in [0.05, 0.1) is 6.10 Å². The van der Waals surface area contributed by atoms with E-state index in [1.165, 1.54) is 0 Å². The van der Waals surface area contributed by atoms with E-state index in [-0.39, 0.29) is 11.3 Å². The molecule has 21 heavy (non-hydrogen) atoms. The lowest BCUT2D eigenvalue weighted by atomic mass is 9.61. The van der Waals surface area contributed by atoms with E-state index in [0.717, 1.165) is 25.1 Å². The van der Waals surface area contributed by atoms with Gasteiger partial charge in [-0.1, -0.05) is 19.9 Å². The summed E-state index contributed by atoms with van der Waals surface area (Å²) in [5.41, 5.74) is 1.83. The monoisotopic (exact) mass is 290 g/mol. The Kier molecular flexibility index (Phi) is 4.88. The third-order valence-electron chi connectivity index (χ3n) is 4.80. The lowest BCUT2D eigenvalue weighted by Crippen LogP contribution is -2.59. The van der Waals surface area contributed by atoms with Crippen molar-refractivity contribution in [3.05, 3.63) is 29.8 Å². The topological polar surface area (TPSA) is 50.4 Å². The number of nitrogens with one attached hydrogen (secondary N) is 2. The van der Waals surface area contributed by atoms with Gasteiger partial charge in [0.15, 0.2) is 0 Å². The highest BCUT2D eigenvalue weighted by Crippen LogP contribution is 2.47. The minimum Gasteiger partial charge on any atom is -0.382 e. The standard InChI is InChI=1S/C17H26N2O2/c1-5-17(3)14(11-15(17)21-6-2)19-13-9-7-8-12(10-13)16(20)18-4/h7-10,14-15,19H,5-6,11H2,1-4H3,(H,18,20). The van der Waals surface area contributed by atoms with E-state index in [0.29, 0.717) is 17.7 Å². The van der Waals surface area contributed by atoms with E-state index in [1.54, 1.807) is 7.05 Å².